The summed E-state index contributed by atoms with van der Waals surface area (Å²) >= 11 is 0. The Bertz CT molecular complexity index is 812. The Balaban J connectivity index is 1.22. The Morgan fingerprint density at radius 3 is 2.17 bits per heavy atom. The highest BCUT2D eigenvalue weighted by Gasteiger charge is 2.51. The first-order valence-corrected chi connectivity index (χ1v) is 13.8. The van der Waals surface area contributed by atoms with Gasteiger partial charge in [0.15, 0.2) is 0 Å². The van der Waals surface area contributed by atoms with Crippen LogP contribution in [0.4, 0.5) is 0 Å². The zero-order valence-electron chi connectivity index (χ0n) is 18.3. The summed E-state index contributed by atoms with van der Waals surface area (Å²) in [7, 11) is -3.17. The second-order valence-electron chi connectivity index (χ2n) is 10.7. The van der Waals surface area contributed by atoms with Crippen molar-refractivity contribution in [1.82, 2.24) is 4.72 Å². The van der Waals surface area contributed by atoms with Crippen LogP contribution in [0.2, 0.25) is 0 Å². The van der Waals surface area contributed by atoms with Gasteiger partial charge in [-0.25, -0.2) is 13.1 Å². The fourth-order valence-corrected chi connectivity index (χ4v) is 8.39. The Kier molecular flexibility index (Phi) is 5.64. The highest BCUT2D eigenvalue weighted by Crippen LogP contribution is 2.60. The Morgan fingerprint density at radius 2 is 1.57 bits per heavy atom. The van der Waals surface area contributed by atoms with Crippen molar-refractivity contribution in [3.05, 3.63) is 29.8 Å². The first-order chi connectivity index (χ1) is 14.4. The van der Waals surface area contributed by atoms with Gasteiger partial charge in [0, 0.05) is 12.0 Å². The van der Waals surface area contributed by atoms with Crippen molar-refractivity contribution in [2.24, 2.45) is 23.7 Å². The van der Waals surface area contributed by atoms with Gasteiger partial charge in [0.1, 0.15) is 5.75 Å². The van der Waals surface area contributed by atoms with E-state index in [4.69, 9.17) is 4.74 Å². The van der Waals surface area contributed by atoms with Crippen molar-refractivity contribution >= 4 is 10.0 Å². The van der Waals surface area contributed by atoms with Gasteiger partial charge < -0.3 is 4.74 Å². The molecule has 0 heterocycles. The topological polar surface area (TPSA) is 55.4 Å². The Labute approximate surface area is 182 Å². The maximum absolute atomic E-state index is 12.0. The van der Waals surface area contributed by atoms with Gasteiger partial charge in [-0.1, -0.05) is 25.0 Å². The van der Waals surface area contributed by atoms with E-state index in [1.807, 2.05) is 0 Å². The molecule has 1 aromatic carbocycles. The summed E-state index contributed by atoms with van der Waals surface area (Å²) < 4.78 is 33.1. The quantitative estimate of drug-likeness (QED) is 0.659. The van der Waals surface area contributed by atoms with E-state index in [2.05, 4.69) is 29.0 Å². The van der Waals surface area contributed by atoms with E-state index in [1.165, 1.54) is 44.1 Å². The number of hydrogen-bond donors (Lipinski definition) is 1. The van der Waals surface area contributed by atoms with Crippen LogP contribution < -0.4 is 9.46 Å². The van der Waals surface area contributed by atoms with Crippen LogP contribution in [0.5, 0.6) is 5.75 Å². The molecule has 1 aromatic rings. The molecule has 2 unspecified atom stereocenters. The highest BCUT2D eigenvalue weighted by atomic mass is 32.2. The van der Waals surface area contributed by atoms with E-state index >= 15 is 0 Å². The van der Waals surface area contributed by atoms with E-state index in [9.17, 15) is 8.42 Å². The predicted octanol–water partition coefficient (Wildman–Crippen LogP) is 5.03. The molecule has 166 valence electrons. The molecule has 5 heteroatoms. The van der Waals surface area contributed by atoms with E-state index in [0.29, 0.717) is 12.0 Å². The lowest BCUT2D eigenvalue weighted by Crippen LogP contribution is -2.48. The van der Waals surface area contributed by atoms with Crippen molar-refractivity contribution in [3.63, 3.8) is 0 Å². The molecule has 4 bridgehead atoms. The van der Waals surface area contributed by atoms with Gasteiger partial charge in [0.25, 0.3) is 0 Å². The van der Waals surface area contributed by atoms with Crippen molar-refractivity contribution in [2.75, 3.05) is 12.4 Å². The molecule has 6 rings (SSSR count). The van der Waals surface area contributed by atoms with Gasteiger partial charge in [-0.05, 0) is 99.2 Å². The first kappa shape index (κ1) is 20.8. The van der Waals surface area contributed by atoms with Crippen LogP contribution in [0.15, 0.2) is 24.3 Å². The third-order valence-electron chi connectivity index (χ3n) is 8.59. The van der Waals surface area contributed by atoms with E-state index in [-0.39, 0.29) is 17.7 Å². The molecule has 4 nitrogen and oxygen atoms in total. The molecule has 1 N–H and O–H groups in total. The van der Waals surface area contributed by atoms with E-state index < -0.39 is 10.0 Å². The molecule has 5 aliphatic carbocycles. The van der Waals surface area contributed by atoms with Crippen LogP contribution in [-0.2, 0) is 15.4 Å². The number of hydrogen-bond acceptors (Lipinski definition) is 3. The third kappa shape index (κ3) is 4.17. The smallest absolute Gasteiger partial charge is 0.211 e. The van der Waals surface area contributed by atoms with Crippen LogP contribution in [0.3, 0.4) is 0 Å². The fraction of sp³-hybridized carbons (Fsp3) is 0.760. The standard InChI is InChI=1S/C25H37NO3S/c1-2-30(27,28)26-24-6-4-3-5-21(24)17-29-23-9-7-22(8-10-23)25-14-18-11-19(15-25)13-20(12-18)16-25/h7-10,18-21,24,26H,2-6,11-17H2,1H3. The van der Waals surface area contributed by atoms with Crippen molar-refractivity contribution in [1.29, 1.82) is 0 Å². The van der Waals surface area contributed by atoms with E-state index in [1.54, 1.807) is 6.92 Å². The van der Waals surface area contributed by atoms with Crippen LogP contribution in [0.25, 0.3) is 0 Å². The number of ether oxygens (including phenoxy) is 1. The summed E-state index contributed by atoms with van der Waals surface area (Å²) in [6.45, 7) is 2.29. The zero-order valence-corrected chi connectivity index (χ0v) is 19.1. The zero-order chi connectivity index (χ0) is 20.8. The highest BCUT2D eigenvalue weighted by molar-refractivity contribution is 7.89. The van der Waals surface area contributed by atoms with Gasteiger partial charge in [-0.3, -0.25) is 0 Å². The second kappa shape index (κ2) is 8.12. The Hall–Kier alpha value is -1.07. The summed E-state index contributed by atoms with van der Waals surface area (Å²) in [5.41, 5.74) is 1.96. The number of sulfonamides is 1. The van der Waals surface area contributed by atoms with Gasteiger partial charge >= 0.3 is 0 Å². The SMILES string of the molecule is CCS(=O)(=O)NC1CCCCC1COc1ccc(C23CC4CC(CC(C4)C2)C3)cc1. The summed E-state index contributed by atoms with van der Waals surface area (Å²) in [5, 5.41) is 0. The lowest BCUT2D eigenvalue weighted by Gasteiger charge is -2.57. The lowest BCUT2D eigenvalue weighted by atomic mass is 9.48. The molecule has 0 aliphatic heterocycles. The lowest BCUT2D eigenvalue weighted by molar-refractivity contribution is -0.00521. The normalized spacial score (nSPS) is 38.0. The molecule has 0 radical (unpaired) electrons. The maximum Gasteiger partial charge on any atom is 0.211 e. The summed E-state index contributed by atoms with van der Waals surface area (Å²) in [6, 6.07) is 8.96. The Morgan fingerprint density at radius 1 is 0.967 bits per heavy atom. The minimum absolute atomic E-state index is 0.00926. The molecule has 5 fully saturated rings. The number of benzene rings is 1. The number of nitrogens with one attached hydrogen (secondary N) is 1. The molecule has 0 saturated heterocycles. The molecule has 2 atom stereocenters. The van der Waals surface area contributed by atoms with Gasteiger partial charge in [0.05, 0.1) is 12.4 Å². The average Bonchev–Trinajstić information content (AvgIpc) is 2.72. The van der Waals surface area contributed by atoms with Crippen LogP contribution >= 0.6 is 0 Å². The monoisotopic (exact) mass is 431 g/mol. The number of rotatable bonds is 7. The molecule has 0 aromatic heterocycles. The largest absolute Gasteiger partial charge is 0.493 e. The summed E-state index contributed by atoms with van der Waals surface area (Å²) in [5.74, 6) is 4.20. The molecule has 30 heavy (non-hydrogen) atoms. The second-order valence-corrected chi connectivity index (χ2v) is 12.7. The maximum atomic E-state index is 12.0. The molecular formula is C25H37NO3S. The molecule has 0 spiro atoms. The van der Waals surface area contributed by atoms with Gasteiger partial charge in [-0.15, -0.1) is 0 Å². The van der Waals surface area contributed by atoms with Crippen LogP contribution in [0.1, 0.15) is 76.7 Å². The molecule has 5 saturated carbocycles. The molecular weight excluding hydrogens is 394 g/mol. The predicted molar refractivity (Wildman–Crippen MR) is 120 cm³/mol. The average molecular weight is 432 g/mol. The van der Waals surface area contributed by atoms with Crippen LogP contribution in [-0.4, -0.2) is 26.8 Å². The van der Waals surface area contributed by atoms with Crippen LogP contribution in [0, 0.1) is 23.7 Å². The summed E-state index contributed by atoms with van der Waals surface area (Å²) in [6.07, 6.45) is 12.8. The third-order valence-corrected chi connectivity index (χ3v) is 10.0. The van der Waals surface area contributed by atoms with Crippen molar-refractivity contribution < 1.29 is 13.2 Å². The van der Waals surface area contributed by atoms with Crippen molar-refractivity contribution in [2.45, 2.75) is 82.6 Å². The van der Waals surface area contributed by atoms with Gasteiger partial charge in [-0.2, -0.15) is 0 Å². The van der Waals surface area contributed by atoms with Gasteiger partial charge in [0.2, 0.25) is 10.0 Å². The first-order valence-electron chi connectivity index (χ1n) is 12.2. The minimum atomic E-state index is -3.17. The fourth-order valence-electron chi connectivity index (χ4n) is 7.45. The minimum Gasteiger partial charge on any atom is -0.493 e. The van der Waals surface area contributed by atoms with Crippen molar-refractivity contribution in [3.8, 4) is 5.75 Å². The summed E-state index contributed by atoms with van der Waals surface area (Å²) in [4.78, 5) is 0. The molecule has 5 aliphatic rings. The molecule has 0 amide bonds. The van der Waals surface area contributed by atoms with E-state index in [0.717, 1.165) is 49.2 Å².